The number of benzene rings is 1. The first kappa shape index (κ1) is 28.2. The highest BCUT2D eigenvalue weighted by atomic mass is 19.4. The third-order valence-electron chi connectivity index (χ3n) is 8.29. The van der Waals surface area contributed by atoms with Crippen LogP contribution in [0.1, 0.15) is 81.4 Å². The molecular formula is C27H36F6N2O2. The summed E-state index contributed by atoms with van der Waals surface area (Å²) in [4.78, 5) is 13.1. The first-order valence-corrected chi connectivity index (χ1v) is 13.4. The van der Waals surface area contributed by atoms with Crippen LogP contribution in [0.4, 0.5) is 26.3 Å². The Morgan fingerprint density at radius 1 is 0.973 bits per heavy atom. The Kier molecular flexibility index (Phi) is 8.78. The second kappa shape index (κ2) is 11.5. The zero-order chi connectivity index (χ0) is 26.8. The molecular weight excluding hydrogens is 498 g/mol. The number of ether oxygens (including phenoxy) is 1. The van der Waals surface area contributed by atoms with Crippen LogP contribution in [0.5, 0.6) is 0 Å². The molecule has 1 saturated heterocycles. The summed E-state index contributed by atoms with van der Waals surface area (Å²) in [5, 5.41) is 6.44. The van der Waals surface area contributed by atoms with E-state index >= 15 is 0 Å². The molecule has 1 aromatic rings. The van der Waals surface area contributed by atoms with Crippen molar-refractivity contribution in [2.45, 2.75) is 102 Å². The van der Waals surface area contributed by atoms with Crippen molar-refractivity contribution in [1.82, 2.24) is 10.6 Å². The van der Waals surface area contributed by atoms with Gasteiger partial charge in [-0.1, -0.05) is 26.2 Å². The largest absolute Gasteiger partial charge is 0.416 e. The summed E-state index contributed by atoms with van der Waals surface area (Å²) in [5.74, 6) is -0.0379. The number of amides is 1. The number of fused-ring (bicyclic) bond motifs is 1. The molecule has 4 rings (SSSR count). The minimum absolute atomic E-state index is 0.100. The highest BCUT2D eigenvalue weighted by Gasteiger charge is 2.42. The predicted octanol–water partition coefficient (Wildman–Crippen LogP) is 6.47. The van der Waals surface area contributed by atoms with E-state index in [4.69, 9.17) is 4.74 Å². The van der Waals surface area contributed by atoms with Crippen LogP contribution < -0.4 is 10.6 Å². The van der Waals surface area contributed by atoms with Gasteiger partial charge >= 0.3 is 12.4 Å². The van der Waals surface area contributed by atoms with E-state index in [0.717, 1.165) is 45.1 Å². The number of rotatable bonds is 7. The second-order valence-corrected chi connectivity index (χ2v) is 10.9. The Morgan fingerprint density at radius 2 is 1.65 bits per heavy atom. The highest BCUT2D eigenvalue weighted by molar-refractivity contribution is 5.79. The van der Waals surface area contributed by atoms with Crippen molar-refractivity contribution >= 4 is 5.91 Å². The molecule has 4 nitrogen and oxygen atoms in total. The van der Waals surface area contributed by atoms with Gasteiger partial charge < -0.3 is 15.4 Å². The van der Waals surface area contributed by atoms with Crippen molar-refractivity contribution in [2.24, 2.45) is 17.8 Å². The van der Waals surface area contributed by atoms with E-state index in [-0.39, 0.29) is 42.0 Å². The number of nitrogens with one attached hydrogen (secondary N) is 2. The summed E-state index contributed by atoms with van der Waals surface area (Å²) in [7, 11) is 0. The van der Waals surface area contributed by atoms with Gasteiger partial charge in [-0.2, -0.15) is 26.3 Å². The van der Waals surface area contributed by atoms with Crippen molar-refractivity contribution in [3.8, 4) is 0 Å². The average molecular weight is 535 g/mol. The normalized spacial score (nSPS) is 30.7. The number of alkyl halides is 6. The fourth-order valence-corrected chi connectivity index (χ4v) is 6.58. The average Bonchev–Trinajstić information content (AvgIpc) is 3.24. The van der Waals surface area contributed by atoms with E-state index < -0.39 is 23.5 Å². The lowest BCUT2D eigenvalue weighted by Crippen LogP contribution is -2.51. The molecule has 208 valence electrons. The fourth-order valence-electron chi connectivity index (χ4n) is 6.58. The van der Waals surface area contributed by atoms with Crippen LogP contribution in [0.3, 0.4) is 0 Å². The maximum atomic E-state index is 13.2. The van der Waals surface area contributed by atoms with Gasteiger partial charge in [-0.25, -0.2) is 0 Å². The van der Waals surface area contributed by atoms with Crippen molar-refractivity contribution < 1.29 is 35.9 Å². The third kappa shape index (κ3) is 6.99. The summed E-state index contributed by atoms with van der Waals surface area (Å²) in [6.45, 7) is 2.38. The Hall–Kier alpha value is -1.81. The second-order valence-electron chi connectivity index (χ2n) is 10.9. The number of halogens is 6. The number of hydrogen-bond donors (Lipinski definition) is 2. The lowest BCUT2D eigenvalue weighted by atomic mass is 9.78. The molecule has 2 saturated carbocycles. The monoisotopic (exact) mass is 534 g/mol. The van der Waals surface area contributed by atoms with Crippen LogP contribution in [0.2, 0.25) is 0 Å². The van der Waals surface area contributed by atoms with Crippen molar-refractivity contribution in [1.29, 1.82) is 0 Å². The SMILES string of the molecule is CCCC1C[C@@H](NC2CCOC3CCCCC23)C[C@H]1C(=O)NCc1cc(C(F)(F)F)cc(C(F)(F)F)c1. The topological polar surface area (TPSA) is 50.4 Å². The molecule has 3 fully saturated rings. The van der Waals surface area contributed by atoms with Gasteiger partial charge in [-0.3, -0.25) is 4.79 Å². The minimum atomic E-state index is -4.92. The Morgan fingerprint density at radius 3 is 2.30 bits per heavy atom. The summed E-state index contributed by atoms with van der Waals surface area (Å²) in [5.41, 5.74) is -2.98. The molecule has 37 heavy (non-hydrogen) atoms. The van der Waals surface area contributed by atoms with Gasteiger partial charge in [0.15, 0.2) is 0 Å². The first-order valence-electron chi connectivity index (χ1n) is 13.4. The van der Waals surface area contributed by atoms with Gasteiger partial charge in [-0.05, 0) is 68.2 Å². The van der Waals surface area contributed by atoms with Gasteiger partial charge in [0.2, 0.25) is 5.91 Å². The molecule has 1 heterocycles. The third-order valence-corrected chi connectivity index (χ3v) is 8.29. The van der Waals surface area contributed by atoms with E-state index in [1.54, 1.807) is 0 Å². The minimum Gasteiger partial charge on any atom is -0.378 e. The summed E-state index contributed by atoms with van der Waals surface area (Å²) < 4.78 is 85.1. The quantitative estimate of drug-likeness (QED) is 0.394. The van der Waals surface area contributed by atoms with Crippen LogP contribution in [0, 0.1) is 17.8 Å². The maximum Gasteiger partial charge on any atom is 0.416 e. The summed E-state index contributed by atoms with van der Waals surface area (Å²) >= 11 is 0. The van der Waals surface area contributed by atoms with Crippen LogP contribution in [0.25, 0.3) is 0 Å². The number of carbonyl (C=O) groups excluding carboxylic acids is 1. The summed E-state index contributed by atoms with van der Waals surface area (Å²) in [6.07, 6.45) is -0.817. The molecule has 2 N–H and O–H groups in total. The zero-order valence-electron chi connectivity index (χ0n) is 21.1. The van der Waals surface area contributed by atoms with E-state index in [1.165, 1.54) is 12.8 Å². The molecule has 0 bridgehead atoms. The van der Waals surface area contributed by atoms with E-state index in [2.05, 4.69) is 10.6 Å². The number of hydrogen-bond acceptors (Lipinski definition) is 3. The van der Waals surface area contributed by atoms with Crippen LogP contribution >= 0.6 is 0 Å². The molecule has 4 unspecified atom stereocenters. The molecule has 6 atom stereocenters. The lowest BCUT2D eigenvalue weighted by Gasteiger charge is -2.42. The fraction of sp³-hybridized carbons (Fsp3) is 0.741. The van der Waals surface area contributed by atoms with Gasteiger partial charge in [0.25, 0.3) is 0 Å². The van der Waals surface area contributed by atoms with E-state index in [1.807, 2.05) is 6.92 Å². The zero-order valence-corrected chi connectivity index (χ0v) is 21.1. The number of carbonyl (C=O) groups is 1. The molecule has 3 aliphatic rings. The lowest BCUT2D eigenvalue weighted by molar-refractivity contribution is -0.143. The molecule has 0 spiro atoms. The standard InChI is InChI=1S/C27H36F6N2O2/c1-2-5-17-12-20(35-23-8-9-37-24-7-4-3-6-21(23)24)14-22(17)25(36)34-15-16-10-18(26(28,29)30)13-19(11-16)27(31,32)33/h10-11,13,17,20-24,35H,2-9,12,14-15H2,1H3,(H,34,36)/t17?,20-,21?,22-,23?,24?/m1/s1. The van der Waals surface area contributed by atoms with Crippen LogP contribution in [0.15, 0.2) is 18.2 Å². The molecule has 1 aromatic carbocycles. The Balaban J connectivity index is 1.41. The molecule has 0 radical (unpaired) electrons. The Labute approximate surface area is 213 Å². The summed E-state index contributed by atoms with van der Waals surface area (Å²) in [6, 6.07) is 1.94. The molecule has 1 amide bonds. The van der Waals surface area contributed by atoms with Crippen molar-refractivity contribution in [3.63, 3.8) is 0 Å². The Bertz CT molecular complexity index is 900. The van der Waals surface area contributed by atoms with E-state index in [0.29, 0.717) is 36.6 Å². The van der Waals surface area contributed by atoms with Crippen molar-refractivity contribution in [2.75, 3.05) is 6.61 Å². The smallest absolute Gasteiger partial charge is 0.378 e. The maximum absolute atomic E-state index is 13.2. The molecule has 2 aliphatic carbocycles. The van der Waals surface area contributed by atoms with Crippen molar-refractivity contribution in [3.05, 3.63) is 34.9 Å². The predicted molar refractivity (Wildman–Crippen MR) is 126 cm³/mol. The highest BCUT2D eigenvalue weighted by Crippen LogP contribution is 2.39. The van der Waals surface area contributed by atoms with Gasteiger partial charge in [-0.15, -0.1) is 0 Å². The first-order chi connectivity index (χ1) is 17.5. The van der Waals surface area contributed by atoms with Gasteiger partial charge in [0, 0.05) is 37.1 Å². The van der Waals surface area contributed by atoms with Gasteiger partial charge in [0.05, 0.1) is 17.2 Å². The molecule has 10 heteroatoms. The van der Waals surface area contributed by atoms with E-state index in [9.17, 15) is 31.1 Å². The molecule has 0 aromatic heterocycles. The van der Waals surface area contributed by atoms with Crippen LogP contribution in [-0.2, 0) is 28.4 Å². The molecule has 1 aliphatic heterocycles. The van der Waals surface area contributed by atoms with Gasteiger partial charge in [0.1, 0.15) is 0 Å². The van der Waals surface area contributed by atoms with Crippen LogP contribution in [-0.4, -0.2) is 30.7 Å².